The van der Waals surface area contributed by atoms with E-state index >= 15 is 0 Å². The van der Waals surface area contributed by atoms with E-state index in [-0.39, 0.29) is 11.2 Å². The Labute approximate surface area is 147 Å². The lowest BCUT2D eigenvalue weighted by Crippen LogP contribution is -2.44. The van der Waals surface area contributed by atoms with Crippen molar-refractivity contribution in [2.24, 2.45) is 16.0 Å². The molecule has 1 heterocycles. The highest BCUT2D eigenvalue weighted by molar-refractivity contribution is 6.00. The minimum atomic E-state index is -0.606. The van der Waals surface area contributed by atoms with Gasteiger partial charge in [0.2, 0.25) is 0 Å². The molecule has 1 aliphatic rings. The summed E-state index contributed by atoms with van der Waals surface area (Å²) in [7, 11) is 0. The summed E-state index contributed by atoms with van der Waals surface area (Å²) in [6.45, 7) is 6.17. The van der Waals surface area contributed by atoms with Crippen LogP contribution in [0.25, 0.3) is 5.70 Å². The van der Waals surface area contributed by atoms with Gasteiger partial charge < -0.3 is 11.1 Å². The number of hydrogen-bond acceptors (Lipinski definition) is 4. The number of nitrogens with one attached hydrogen (secondary N) is 1. The number of fused-ring (bicyclic) bond motifs is 1. The van der Waals surface area contributed by atoms with Crippen LogP contribution in [0.5, 0.6) is 0 Å². The standard InChI is InChI=1S/C20H22N4O/c1-13-8-10-15(11-9-13)23-24-18(19(21)25)17-16-7-5-4-6-14(16)12-20(2,3)22-17/h4-11,22H,12H2,1-3H3,(H2,21,25)/b18-17+,24-23+. The second kappa shape index (κ2) is 6.51. The van der Waals surface area contributed by atoms with E-state index < -0.39 is 5.91 Å². The first-order valence-electron chi connectivity index (χ1n) is 8.25. The minimum Gasteiger partial charge on any atom is -0.377 e. The van der Waals surface area contributed by atoms with Crippen LogP contribution in [0.1, 0.15) is 30.5 Å². The van der Waals surface area contributed by atoms with Gasteiger partial charge in [-0.3, -0.25) is 4.79 Å². The molecular formula is C20H22N4O. The van der Waals surface area contributed by atoms with Crippen LogP contribution >= 0.6 is 0 Å². The Bertz CT molecular complexity index is 864. The average Bonchev–Trinajstić information content (AvgIpc) is 2.55. The van der Waals surface area contributed by atoms with Crippen molar-refractivity contribution in [3.63, 3.8) is 0 Å². The van der Waals surface area contributed by atoms with E-state index in [1.165, 1.54) is 0 Å². The minimum absolute atomic E-state index is 0.140. The summed E-state index contributed by atoms with van der Waals surface area (Å²) in [5, 5.41) is 11.8. The molecule has 5 heteroatoms. The molecule has 0 saturated carbocycles. The van der Waals surface area contributed by atoms with Gasteiger partial charge in [-0.15, -0.1) is 5.11 Å². The van der Waals surface area contributed by atoms with Crippen LogP contribution in [0.2, 0.25) is 0 Å². The first kappa shape index (κ1) is 16.9. The van der Waals surface area contributed by atoms with Gasteiger partial charge in [-0.05, 0) is 44.9 Å². The molecule has 128 valence electrons. The zero-order valence-corrected chi connectivity index (χ0v) is 14.7. The number of carbonyl (C=O) groups is 1. The number of amides is 1. The zero-order valence-electron chi connectivity index (χ0n) is 14.7. The molecule has 1 aliphatic heterocycles. The molecular weight excluding hydrogens is 312 g/mol. The van der Waals surface area contributed by atoms with E-state index in [1.807, 2.05) is 49.4 Å². The number of hydrogen-bond donors (Lipinski definition) is 2. The van der Waals surface area contributed by atoms with Gasteiger partial charge in [0.05, 0.1) is 11.4 Å². The van der Waals surface area contributed by atoms with Gasteiger partial charge in [-0.25, -0.2) is 0 Å². The van der Waals surface area contributed by atoms with Crippen LogP contribution in [0.15, 0.2) is 64.5 Å². The molecule has 0 aliphatic carbocycles. The Morgan fingerprint density at radius 2 is 1.80 bits per heavy atom. The fourth-order valence-corrected chi connectivity index (χ4v) is 2.97. The summed E-state index contributed by atoms with van der Waals surface area (Å²) in [4.78, 5) is 12.1. The maximum atomic E-state index is 12.1. The van der Waals surface area contributed by atoms with Crippen molar-refractivity contribution in [3.05, 3.63) is 70.9 Å². The monoisotopic (exact) mass is 334 g/mol. The van der Waals surface area contributed by atoms with Crippen LogP contribution in [-0.4, -0.2) is 11.4 Å². The number of nitrogens with zero attached hydrogens (tertiary/aromatic N) is 2. The second-order valence-electron chi connectivity index (χ2n) is 6.97. The third kappa shape index (κ3) is 3.76. The van der Waals surface area contributed by atoms with E-state index in [0.717, 1.165) is 23.1 Å². The Kier molecular flexibility index (Phi) is 4.40. The van der Waals surface area contributed by atoms with Crippen molar-refractivity contribution in [2.45, 2.75) is 32.7 Å². The van der Waals surface area contributed by atoms with E-state index in [2.05, 4.69) is 35.5 Å². The molecule has 3 rings (SSSR count). The highest BCUT2D eigenvalue weighted by Crippen LogP contribution is 2.32. The van der Waals surface area contributed by atoms with Crippen molar-refractivity contribution in [1.82, 2.24) is 5.32 Å². The fraction of sp³-hybridized carbons (Fsp3) is 0.250. The maximum absolute atomic E-state index is 12.1. The zero-order chi connectivity index (χ0) is 18.0. The lowest BCUT2D eigenvalue weighted by Gasteiger charge is -2.35. The van der Waals surface area contributed by atoms with Crippen LogP contribution in [0.4, 0.5) is 5.69 Å². The smallest absolute Gasteiger partial charge is 0.271 e. The fourth-order valence-electron chi connectivity index (χ4n) is 2.97. The molecule has 0 aromatic heterocycles. The Hall–Kier alpha value is -2.95. The Morgan fingerprint density at radius 1 is 1.12 bits per heavy atom. The van der Waals surface area contributed by atoms with Crippen molar-refractivity contribution >= 4 is 17.3 Å². The van der Waals surface area contributed by atoms with E-state index in [9.17, 15) is 4.79 Å². The number of primary amides is 1. The van der Waals surface area contributed by atoms with Crippen LogP contribution in [0.3, 0.4) is 0 Å². The highest BCUT2D eigenvalue weighted by atomic mass is 16.1. The molecule has 25 heavy (non-hydrogen) atoms. The predicted molar refractivity (Wildman–Crippen MR) is 99.2 cm³/mol. The first-order valence-corrected chi connectivity index (χ1v) is 8.25. The molecule has 0 bridgehead atoms. The van der Waals surface area contributed by atoms with Gasteiger partial charge in [-0.1, -0.05) is 42.0 Å². The van der Waals surface area contributed by atoms with Gasteiger partial charge in [0.1, 0.15) is 0 Å². The normalized spacial score (nSPS) is 17.7. The number of nitrogens with two attached hydrogens (primary N) is 1. The quantitative estimate of drug-likeness (QED) is 0.660. The Morgan fingerprint density at radius 3 is 2.48 bits per heavy atom. The van der Waals surface area contributed by atoms with Gasteiger partial charge in [0.15, 0.2) is 5.70 Å². The van der Waals surface area contributed by atoms with Gasteiger partial charge >= 0.3 is 0 Å². The van der Waals surface area contributed by atoms with Crippen molar-refractivity contribution in [1.29, 1.82) is 0 Å². The number of aryl methyl sites for hydroxylation is 1. The molecule has 0 fully saturated rings. The largest absolute Gasteiger partial charge is 0.377 e. The summed E-state index contributed by atoms with van der Waals surface area (Å²) in [6, 6.07) is 15.6. The van der Waals surface area contributed by atoms with Crippen LogP contribution in [-0.2, 0) is 11.2 Å². The lowest BCUT2D eigenvalue weighted by molar-refractivity contribution is -0.114. The lowest BCUT2D eigenvalue weighted by atomic mass is 9.85. The molecule has 2 aromatic rings. The molecule has 2 aromatic carbocycles. The van der Waals surface area contributed by atoms with Gasteiger partial charge in [0, 0.05) is 11.1 Å². The molecule has 3 N–H and O–H groups in total. The van der Waals surface area contributed by atoms with Crippen molar-refractivity contribution in [2.75, 3.05) is 0 Å². The first-order chi connectivity index (χ1) is 11.9. The van der Waals surface area contributed by atoms with Gasteiger partial charge in [0.25, 0.3) is 5.91 Å². The molecule has 0 atom stereocenters. The molecule has 0 saturated heterocycles. The summed E-state index contributed by atoms with van der Waals surface area (Å²) in [6.07, 6.45) is 0.855. The Balaban J connectivity index is 2.09. The SMILES string of the molecule is Cc1ccc(/N=N/C(C(N)=O)=C2/NC(C)(C)Cc3ccccc32)cc1. The summed E-state index contributed by atoms with van der Waals surface area (Å²) in [5.41, 5.74) is 10.1. The number of carbonyl (C=O) groups excluding carboxylic acids is 1. The van der Waals surface area contributed by atoms with Gasteiger partial charge in [-0.2, -0.15) is 5.11 Å². The third-order valence-corrected chi connectivity index (χ3v) is 4.15. The third-order valence-electron chi connectivity index (χ3n) is 4.15. The van der Waals surface area contributed by atoms with Crippen LogP contribution < -0.4 is 11.1 Å². The number of azo groups is 1. The average molecular weight is 334 g/mol. The maximum Gasteiger partial charge on any atom is 0.271 e. The number of benzene rings is 2. The number of rotatable bonds is 3. The topological polar surface area (TPSA) is 79.8 Å². The van der Waals surface area contributed by atoms with Crippen molar-refractivity contribution in [3.8, 4) is 0 Å². The van der Waals surface area contributed by atoms with Crippen LogP contribution in [0, 0.1) is 6.92 Å². The highest BCUT2D eigenvalue weighted by Gasteiger charge is 2.30. The molecule has 1 amide bonds. The molecule has 0 spiro atoms. The molecule has 5 nitrogen and oxygen atoms in total. The summed E-state index contributed by atoms with van der Waals surface area (Å²) in [5.74, 6) is -0.606. The van der Waals surface area contributed by atoms with Crippen molar-refractivity contribution < 1.29 is 4.79 Å². The predicted octanol–water partition coefficient (Wildman–Crippen LogP) is 3.86. The summed E-state index contributed by atoms with van der Waals surface area (Å²) < 4.78 is 0. The van der Waals surface area contributed by atoms with E-state index in [0.29, 0.717) is 11.4 Å². The molecule has 0 unspecified atom stereocenters. The van der Waals surface area contributed by atoms with E-state index in [1.54, 1.807) is 0 Å². The molecule has 0 radical (unpaired) electrons. The van der Waals surface area contributed by atoms with E-state index in [4.69, 9.17) is 5.73 Å². The summed E-state index contributed by atoms with van der Waals surface area (Å²) >= 11 is 0. The second-order valence-corrected chi connectivity index (χ2v) is 6.97.